The Kier molecular flexibility index (Phi) is 9.35. The van der Waals surface area contributed by atoms with E-state index in [0.29, 0.717) is 40.9 Å². The number of carbonyl (C=O) groups is 2. The van der Waals surface area contributed by atoms with Crippen LogP contribution in [0.3, 0.4) is 0 Å². The van der Waals surface area contributed by atoms with E-state index >= 15 is 0 Å². The van der Waals surface area contributed by atoms with Crippen molar-refractivity contribution in [3.05, 3.63) is 83.2 Å². The molecule has 0 radical (unpaired) electrons. The zero-order valence-corrected chi connectivity index (χ0v) is 24.2. The lowest BCUT2D eigenvalue weighted by Gasteiger charge is -2.24. The Morgan fingerprint density at radius 1 is 1.05 bits per heavy atom. The number of fused-ring (bicyclic) bond motifs is 1. The fourth-order valence-electron chi connectivity index (χ4n) is 4.64. The van der Waals surface area contributed by atoms with Crippen LogP contribution in [0, 0.1) is 20.8 Å². The normalized spacial score (nSPS) is 13.0. The molecule has 4 aromatic rings. The molecule has 4 rings (SSSR count). The third-order valence-corrected chi connectivity index (χ3v) is 8.19. The highest BCUT2D eigenvalue weighted by molar-refractivity contribution is 7.89. The largest absolute Gasteiger partial charge is 0.440 e. The third kappa shape index (κ3) is 7.47. The van der Waals surface area contributed by atoms with Gasteiger partial charge in [0.2, 0.25) is 10.0 Å². The molecule has 0 bridgehead atoms. The maximum absolute atomic E-state index is 13.6. The number of ether oxygens (including phenoxy) is 1. The number of anilines is 1. The molecule has 0 saturated carbocycles. The molecule has 0 fully saturated rings. The Hall–Kier alpha value is -4.29. The number of hydrogen-bond donors (Lipinski definition) is 4. The Labute approximate surface area is 239 Å². The molecule has 0 aliphatic rings. The highest BCUT2D eigenvalue weighted by Crippen LogP contribution is 2.22. The minimum absolute atomic E-state index is 0.0774. The second-order valence-electron chi connectivity index (χ2n) is 9.86. The van der Waals surface area contributed by atoms with Crippen LogP contribution < -0.4 is 15.4 Å². The highest BCUT2D eigenvalue weighted by atomic mass is 32.2. The number of hydrogen-bond acceptors (Lipinski definition) is 8. The summed E-state index contributed by atoms with van der Waals surface area (Å²) in [7, 11) is -4.17. The first kappa shape index (κ1) is 29.7. The Morgan fingerprint density at radius 3 is 2.49 bits per heavy atom. The van der Waals surface area contributed by atoms with Gasteiger partial charge in [-0.15, -0.1) is 0 Å². The van der Waals surface area contributed by atoms with Crippen molar-refractivity contribution in [3.63, 3.8) is 0 Å². The number of pyridine rings is 1. The minimum Gasteiger partial charge on any atom is -0.440 e. The number of H-pyrrole nitrogens is 1. The average molecular weight is 579 g/mol. The molecule has 2 heterocycles. The van der Waals surface area contributed by atoms with Crippen LogP contribution in [0.2, 0.25) is 0 Å². The van der Waals surface area contributed by atoms with Gasteiger partial charge in [0.25, 0.3) is 5.91 Å². The number of aromatic amines is 1. The summed E-state index contributed by atoms with van der Waals surface area (Å²) in [6.07, 6.45) is 3.61. The topological polar surface area (TPSA) is 155 Å². The molecule has 11 nitrogen and oxygen atoms in total. The van der Waals surface area contributed by atoms with Crippen LogP contribution in [0.5, 0.6) is 0 Å². The van der Waals surface area contributed by atoms with Crippen LogP contribution in [0.4, 0.5) is 5.82 Å². The van der Waals surface area contributed by atoms with Crippen molar-refractivity contribution in [1.29, 1.82) is 0 Å². The molecule has 0 spiro atoms. The first-order valence-corrected chi connectivity index (χ1v) is 14.7. The third-order valence-electron chi connectivity index (χ3n) is 6.41. The Bertz CT molecular complexity index is 1610. The zero-order chi connectivity index (χ0) is 29.6. The minimum atomic E-state index is -4.17. The van der Waals surface area contributed by atoms with E-state index in [1.807, 2.05) is 13.8 Å². The van der Waals surface area contributed by atoms with Crippen LogP contribution >= 0.6 is 0 Å². The van der Waals surface area contributed by atoms with E-state index in [1.165, 1.54) is 0 Å². The predicted molar refractivity (Wildman–Crippen MR) is 156 cm³/mol. The number of benzene rings is 2. The Morgan fingerprint density at radius 2 is 1.80 bits per heavy atom. The van der Waals surface area contributed by atoms with Gasteiger partial charge >= 0.3 is 5.97 Å². The zero-order valence-electron chi connectivity index (χ0n) is 23.4. The van der Waals surface area contributed by atoms with E-state index in [-0.39, 0.29) is 11.4 Å². The number of sulfonamides is 1. The van der Waals surface area contributed by atoms with Gasteiger partial charge in [-0.05, 0) is 56.2 Å². The summed E-state index contributed by atoms with van der Waals surface area (Å²) in [5.41, 5.74) is 2.99. The van der Waals surface area contributed by atoms with Gasteiger partial charge in [-0.3, -0.25) is 14.7 Å². The lowest BCUT2D eigenvalue weighted by molar-refractivity contribution is -0.149. The van der Waals surface area contributed by atoms with Gasteiger partial charge in [0, 0.05) is 30.1 Å². The smallest absolute Gasteiger partial charge is 0.327 e. The maximum atomic E-state index is 13.6. The summed E-state index contributed by atoms with van der Waals surface area (Å²) in [5.74, 6) is -0.829. The molecule has 41 heavy (non-hydrogen) atoms. The number of rotatable bonds is 12. The molecule has 0 aliphatic carbocycles. The molecule has 2 aromatic heterocycles. The summed E-state index contributed by atoms with van der Waals surface area (Å²) < 4.78 is 35.3. The molecule has 12 heteroatoms. The van der Waals surface area contributed by atoms with Crippen LogP contribution in [0.15, 0.2) is 65.8 Å². The van der Waals surface area contributed by atoms with Crippen LogP contribution in [0.1, 0.15) is 46.8 Å². The van der Waals surface area contributed by atoms with E-state index in [0.717, 1.165) is 10.9 Å². The predicted octanol–water partition coefficient (Wildman–Crippen LogP) is 3.74. The first-order valence-electron chi connectivity index (χ1n) is 13.3. The maximum Gasteiger partial charge on any atom is 0.327 e. The van der Waals surface area contributed by atoms with E-state index < -0.39 is 34.2 Å². The molecule has 0 aliphatic heterocycles. The second-order valence-corrected chi connectivity index (χ2v) is 11.5. The molecule has 2 unspecified atom stereocenters. The van der Waals surface area contributed by atoms with Gasteiger partial charge in [0.1, 0.15) is 11.9 Å². The fraction of sp³-hybridized carbons (Fsp3) is 0.310. The van der Waals surface area contributed by atoms with Crippen molar-refractivity contribution in [2.75, 3.05) is 11.9 Å². The van der Waals surface area contributed by atoms with E-state index in [9.17, 15) is 18.0 Å². The number of carbonyl (C=O) groups excluding carboxylic acids is 2. The number of nitrogens with zero attached hydrogens (tertiary/aromatic N) is 2. The van der Waals surface area contributed by atoms with Gasteiger partial charge < -0.3 is 15.4 Å². The molecule has 2 aromatic carbocycles. The second kappa shape index (κ2) is 12.9. The highest BCUT2D eigenvalue weighted by Gasteiger charge is 2.31. The van der Waals surface area contributed by atoms with Crippen molar-refractivity contribution >= 4 is 38.6 Å². The summed E-state index contributed by atoms with van der Waals surface area (Å²) in [4.78, 5) is 30.7. The van der Waals surface area contributed by atoms with Gasteiger partial charge in [0.05, 0.1) is 16.6 Å². The molecule has 1 amide bonds. The number of esters is 1. The monoisotopic (exact) mass is 578 g/mol. The first-order chi connectivity index (χ1) is 19.6. The van der Waals surface area contributed by atoms with Crippen LogP contribution in [0.25, 0.3) is 10.9 Å². The van der Waals surface area contributed by atoms with E-state index in [1.54, 1.807) is 74.8 Å². The van der Waals surface area contributed by atoms with Crippen molar-refractivity contribution in [3.8, 4) is 0 Å². The van der Waals surface area contributed by atoms with E-state index in [2.05, 4.69) is 30.5 Å². The van der Waals surface area contributed by atoms with Crippen LogP contribution in [-0.2, 0) is 19.6 Å². The van der Waals surface area contributed by atoms with Crippen molar-refractivity contribution in [1.82, 2.24) is 25.2 Å². The van der Waals surface area contributed by atoms with Crippen molar-refractivity contribution < 1.29 is 22.7 Å². The Balaban J connectivity index is 1.57. The van der Waals surface area contributed by atoms with Gasteiger partial charge in [-0.25, -0.2) is 13.4 Å². The molecule has 0 saturated heterocycles. The average Bonchev–Trinajstić information content (AvgIpc) is 3.39. The summed E-state index contributed by atoms with van der Waals surface area (Å²) in [5, 5.41) is 13.3. The van der Waals surface area contributed by atoms with Gasteiger partial charge in [0.15, 0.2) is 6.23 Å². The molecule has 2 atom stereocenters. The van der Waals surface area contributed by atoms with E-state index in [4.69, 9.17) is 4.74 Å². The quantitative estimate of drug-likeness (QED) is 0.146. The lowest BCUT2D eigenvalue weighted by atomic mass is 10.1. The summed E-state index contributed by atoms with van der Waals surface area (Å²) >= 11 is 0. The van der Waals surface area contributed by atoms with Gasteiger partial charge in [-0.2, -0.15) is 9.82 Å². The number of amides is 1. The van der Waals surface area contributed by atoms with Crippen molar-refractivity contribution in [2.24, 2.45) is 0 Å². The molecular formula is C29H34N6O5S. The number of aryl methyl sites for hydroxylation is 3. The lowest BCUT2D eigenvalue weighted by Crippen LogP contribution is -2.50. The summed E-state index contributed by atoms with van der Waals surface area (Å²) in [6.45, 7) is 6.86. The standard InChI is InChI=1S/C29H34N6O5S/c1-5-8-26(33-25-9-6-7-12-30-25)40-29(37)24(35-41(38,39)27-19(3)13-18(2)14-20(27)4)17-31-28(36)21-10-11-22-16-32-34-23(22)15-21/h6-7,9-16,24,26,35H,5,8,17H2,1-4H3,(H,30,33)(H,31,36)(H,32,34). The van der Waals surface area contributed by atoms with Gasteiger partial charge in [-0.1, -0.05) is 43.2 Å². The summed E-state index contributed by atoms with van der Waals surface area (Å²) in [6, 6.07) is 12.4. The molecule has 4 N–H and O–H groups in total. The molecule has 216 valence electrons. The molecular weight excluding hydrogens is 544 g/mol. The van der Waals surface area contributed by atoms with Crippen molar-refractivity contribution in [2.45, 2.75) is 57.7 Å². The number of nitrogens with one attached hydrogen (secondary N) is 4. The fourth-order valence-corrected chi connectivity index (χ4v) is 6.28. The number of aromatic nitrogens is 3. The van der Waals surface area contributed by atoms with Crippen LogP contribution in [-0.4, -0.2) is 54.3 Å². The SMILES string of the molecule is CCCC(Nc1ccccn1)OC(=O)C(CNC(=O)c1ccc2cn[nH]c2c1)NS(=O)(=O)c1c(C)cc(C)cc1C.